The largest absolute Gasteiger partial charge is 0.383 e. The molecule has 25 heavy (non-hydrogen) atoms. The van der Waals surface area contributed by atoms with Gasteiger partial charge in [-0.3, -0.25) is 0 Å². The fourth-order valence-corrected chi connectivity index (χ4v) is 4.71. The van der Waals surface area contributed by atoms with Crippen LogP contribution in [0.2, 0.25) is 0 Å². The van der Waals surface area contributed by atoms with E-state index in [1.54, 1.807) is 12.0 Å². The highest BCUT2D eigenvalue weighted by Crippen LogP contribution is 2.16. The van der Waals surface area contributed by atoms with Crippen molar-refractivity contribution < 1.29 is 14.5 Å². The van der Waals surface area contributed by atoms with Crippen molar-refractivity contribution >= 4 is 0 Å². The van der Waals surface area contributed by atoms with Crippen molar-refractivity contribution in [2.24, 2.45) is 0 Å². The summed E-state index contributed by atoms with van der Waals surface area (Å²) in [4.78, 5) is 3.54. The maximum atomic E-state index is 5.22. The van der Waals surface area contributed by atoms with Crippen LogP contribution < -0.4 is 9.80 Å². The van der Waals surface area contributed by atoms with Crippen LogP contribution in [0.4, 0.5) is 0 Å². The molecular formula is C18H36N6O+2. The van der Waals surface area contributed by atoms with E-state index in [1.807, 2.05) is 9.58 Å². The summed E-state index contributed by atoms with van der Waals surface area (Å²) in [6.07, 6.45) is 9.42. The minimum absolute atomic E-state index is 0.428. The van der Waals surface area contributed by atoms with Crippen LogP contribution in [0.1, 0.15) is 63.7 Å². The first kappa shape index (κ1) is 18.7. The van der Waals surface area contributed by atoms with Crippen LogP contribution in [0.15, 0.2) is 0 Å². The zero-order valence-electron chi connectivity index (χ0n) is 16.0. The summed E-state index contributed by atoms with van der Waals surface area (Å²) in [5, 5.41) is 12.6. The molecule has 1 saturated heterocycles. The number of nitrogens with zero attached hydrogens (tertiary/aromatic N) is 4. The predicted molar refractivity (Wildman–Crippen MR) is 95.6 cm³/mol. The minimum Gasteiger partial charge on any atom is -0.383 e. The van der Waals surface area contributed by atoms with Crippen LogP contribution in [0.5, 0.6) is 0 Å². The van der Waals surface area contributed by atoms with Gasteiger partial charge in [-0.2, -0.15) is 0 Å². The SMILES string of the molecule is CCCC[C@@H](c1nnnn1CCOC)[NH+]1CC[NH+](C2CCCC2)CC1. The number of piperazine rings is 1. The van der Waals surface area contributed by atoms with Crippen molar-refractivity contribution in [3.63, 3.8) is 0 Å². The van der Waals surface area contributed by atoms with Gasteiger partial charge in [-0.15, -0.1) is 5.10 Å². The van der Waals surface area contributed by atoms with Gasteiger partial charge >= 0.3 is 0 Å². The van der Waals surface area contributed by atoms with Crippen LogP contribution in [0.3, 0.4) is 0 Å². The van der Waals surface area contributed by atoms with E-state index in [0.29, 0.717) is 12.6 Å². The summed E-state index contributed by atoms with van der Waals surface area (Å²) >= 11 is 0. The number of hydrogen-bond acceptors (Lipinski definition) is 4. The molecule has 142 valence electrons. The maximum absolute atomic E-state index is 5.22. The van der Waals surface area contributed by atoms with E-state index in [1.165, 1.54) is 71.1 Å². The Morgan fingerprint density at radius 3 is 2.64 bits per heavy atom. The fraction of sp³-hybridized carbons (Fsp3) is 0.944. The smallest absolute Gasteiger partial charge is 0.209 e. The summed E-state index contributed by atoms with van der Waals surface area (Å²) < 4.78 is 7.19. The Balaban J connectivity index is 1.63. The first-order valence-corrected chi connectivity index (χ1v) is 10.3. The second-order valence-electron chi connectivity index (χ2n) is 7.75. The molecule has 1 aliphatic carbocycles. The Kier molecular flexibility index (Phi) is 7.19. The lowest BCUT2D eigenvalue weighted by Gasteiger charge is -2.36. The molecule has 1 saturated carbocycles. The monoisotopic (exact) mass is 352 g/mol. The molecule has 2 aliphatic rings. The molecule has 2 heterocycles. The average molecular weight is 353 g/mol. The molecule has 1 aromatic rings. The fourth-order valence-electron chi connectivity index (χ4n) is 4.71. The first-order chi connectivity index (χ1) is 12.3. The maximum Gasteiger partial charge on any atom is 0.209 e. The lowest BCUT2D eigenvalue weighted by atomic mass is 10.1. The summed E-state index contributed by atoms with van der Waals surface area (Å²) in [6, 6.07) is 1.36. The summed E-state index contributed by atoms with van der Waals surface area (Å²) in [5.41, 5.74) is 0. The van der Waals surface area contributed by atoms with Crippen LogP contribution >= 0.6 is 0 Å². The van der Waals surface area contributed by atoms with Crippen LogP contribution in [0, 0.1) is 0 Å². The predicted octanol–water partition coefficient (Wildman–Crippen LogP) is -0.723. The highest BCUT2D eigenvalue weighted by Gasteiger charge is 2.36. The Morgan fingerprint density at radius 2 is 1.96 bits per heavy atom. The van der Waals surface area contributed by atoms with Crippen molar-refractivity contribution in [1.29, 1.82) is 0 Å². The molecule has 0 unspecified atom stereocenters. The lowest BCUT2D eigenvalue weighted by Crippen LogP contribution is -3.29. The van der Waals surface area contributed by atoms with Gasteiger partial charge in [0.15, 0.2) is 0 Å². The number of rotatable bonds is 9. The quantitative estimate of drug-likeness (QED) is 0.616. The van der Waals surface area contributed by atoms with Crippen molar-refractivity contribution in [2.45, 2.75) is 70.5 Å². The van der Waals surface area contributed by atoms with E-state index >= 15 is 0 Å². The Morgan fingerprint density at radius 1 is 1.20 bits per heavy atom. The van der Waals surface area contributed by atoms with Gasteiger partial charge in [-0.1, -0.05) is 13.3 Å². The second-order valence-corrected chi connectivity index (χ2v) is 7.75. The molecular weight excluding hydrogens is 316 g/mol. The van der Waals surface area contributed by atoms with Crippen LogP contribution in [0.25, 0.3) is 0 Å². The highest BCUT2D eigenvalue weighted by atomic mass is 16.5. The molecule has 7 heteroatoms. The molecule has 7 nitrogen and oxygen atoms in total. The standard InChI is InChI=1S/C18H34N6O/c1-3-4-9-17(18-19-20-21-24(18)14-15-25-2)23-12-10-22(11-13-23)16-7-5-6-8-16/h16-17H,3-15H2,1-2H3/p+2/t17-/m0/s1. The number of aromatic nitrogens is 4. The summed E-state index contributed by atoms with van der Waals surface area (Å²) in [6.45, 7) is 8.78. The molecule has 1 atom stereocenters. The van der Waals surface area contributed by atoms with E-state index in [9.17, 15) is 0 Å². The van der Waals surface area contributed by atoms with Crippen molar-refractivity contribution in [3.8, 4) is 0 Å². The summed E-state index contributed by atoms with van der Waals surface area (Å²) in [5.74, 6) is 1.06. The molecule has 0 radical (unpaired) electrons. The lowest BCUT2D eigenvalue weighted by molar-refractivity contribution is -1.04. The van der Waals surface area contributed by atoms with Gasteiger partial charge in [0, 0.05) is 13.5 Å². The zero-order valence-corrected chi connectivity index (χ0v) is 16.0. The molecule has 0 spiro atoms. The molecule has 3 rings (SSSR count). The molecule has 0 amide bonds. The van der Waals surface area contributed by atoms with Crippen molar-refractivity contribution in [1.82, 2.24) is 20.2 Å². The van der Waals surface area contributed by atoms with Gasteiger partial charge in [-0.05, 0) is 42.5 Å². The number of nitrogens with one attached hydrogen (secondary N) is 2. The minimum atomic E-state index is 0.428. The third-order valence-corrected chi connectivity index (χ3v) is 6.18. The number of tetrazole rings is 1. The Bertz CT molecular complexity index is 494. The highest BCUT2D eigenvalue weighted by molar-refractivity contribution is 4.87. The molecule has 2 N–H and O–H groups in total. The van der Waals surface area contributed by atoms with Gasteiger partial charge in [0.25, 0.3) is 0 Å². The molecule has 1 aromatic heterocycles. The van der Waals surface area contributed by atoms with Crippen molar-refractivity contribution in [2.75, 3.05) is 39.9 Å². The van der Waals surface area contributed by atoms with Gasteiger partial charge in [-0.25, -0.2) is 4.68 Å². The van der Waals surface area contributed by atoms with Gasteiger partial charge in [0.2, 0.25) is 5.82 Å². The van der Waals surface area contributed by atoms with Crippen LogP contribution in [-0.2, 0) is 11.3 Å². The number of unbranched alkanes of at least 4 members (excludes halogenated alkanes) is 1. The summed E-state index contributed by atoms with van der Waals surface area (Å²) in [7, 11) is 1.73. The third kappa shape index (κ3) is 4.77. The number of methoxy groups -OCH3 is 1. The first-order valence-electron chi connectivity index (χ1n) is 10.3. The number of hydrogen-bond donors (Lipinski definition) is 2. The zero-order chi connectivity index (χ0) is 17.5. The van der Waals surface area contributed by atoms with Gasteiger partial charge < -0.3 is 14.5 Å². The average Bonchev–Trinajstić information content (AvgIpc) is 3.33. The van der Waals surface area contributed by atoms with E-state index in [-0.39, 0.29) is 0 Å². The normalized spacial score (nSPS) is 26.2. The van der Waals surface area contributed by atoms with Crippen molar-refractivity contribution in [3.05, 3.63) is 5.82 Å². The molecule has 2 fully saturated rings. The van der Waals surface area contributed by atoms with E-state index in [2.05, 4.69) is 22.4 Å². The third-order valence-electron chi connectivity index (χ3n) is 6.18. The van der Waals surface area contributed by atoms with E-state index in [4.69, 9.17) is 4.74 Å². The van der Waals surface area contributed by atoms with Crippen LogP contribution in [-0.4, -0.2) is 66.1 Å². The molecule has 1 aliphatic heterocycles. The Labute approximate surface area is 151 Å². The van der Waals surface area contributed by atoms with E-state index in [0.717, 1.165) is 18.4 Å². The van der Waals surface area contributed by atoms with E-state index < -0.39 is 0 Å². The van der Waals surface area contributed by atoms with Gasteiger partial charge in [0.1, 0.15) is 32.2 Å². The van der Waals surface area contributed by atoms with Gasteiger partial charge in [0.05, 0.1) is 19.2 Å². The topological polar surface area (TPSA) is 61.7 Å². The number of quaternary nitrogens is 2. The molecule has 0 aromatic carbocycles. The number of ether oxygens (including phenoxy) is 1. The second kappa shape index (κ2) is 9.59. The Hall–Kier alpha value is -1.05. The molecule has 0 bridgehead atoms.